The minimum atomic E-state index is -0.227. The van der Waals surface area contributed by atoms with Crippen LogP contribution in [0.1, 0.15) is 58.3 Å². The summed E-state index contributed by atoms with van der Waals surface area (Å²) < 4.78 is 0. The molecule has 2 N–H and O–H groups in total. The molecule has 128 valence electrons. The average Bonchev–Trinajstić information content (AvgIpc) is 2.86. The molecule has 4 rings (SSSR count). The lowest BCUT2D eigenvalue weighted by Gasteiger charge is -2.57. The molecule has 0 aromatic rings. The number of hydrogen-bond donors (Lipinski definition) is 2. The molecule has 3 heteroatoms. The third kappa shape index (κ3) is 2.21. The number of halogens is 1. The Hall–Kier alpha value is -0.310. The van der Waals surface area contributed by atoms with E-state index < -0.39 is 0 Å². The number of aliphatic hydroxyl groups is 2. The van der Waals surface area contributed by atoms with Crippen LogP contribution >= 0.6 is 11.6 Å². The minimum absolute atomic E-state index is 0.0845. The van der Waals surface area contributed by atoms with Gasteiger partial charge in [-0.2, -0.15) is 0 Å². The van der Waals surface area contributed by atoms with E-state index in [1.807, 2.05) is 0 Å². The molecular formula is C20H29ClO2. The Kier molecular flexibility index (Phi) is 3.94. The maximum Gasteiger partial charge on any atom is 0.0634 e. The number of rotatable bonds is 1. The van der Waals surface area contributed by atoms with Crippen molar-refractivity contribution >= 4 is 11.6 Å². The summed E-state index contributed by atoms with van der Waals surface area (Å²) in [6.07, 6.45) is 12.5. The second-order valence-electron chi connectivity index (χ2n) is 8.69. The van der Waals surface area contributed by atoms with Gasteiger partial charge in [0, 0.05) is 11.0 Å². The van der Waals surface area contributed by atoms with Crippen LogP contribution in [-0.2, 0) is 0 Å². The summed E-state index contributed by atoms with van der Waals surface area (Å²) in [5.74, 6) is 1.94. The molecule has 3 fully saturated rings. The fourth-order valence-electron chi connectivity index (χ4n) is 6.78. The van der Waals surface area contributed by atoms with Crippen molar-refractivity contribution in [2.75, 3.05) is 0 Å². The van der Waals surface area contributed by atoms with E-state index in [0.717, 1.165) is 44.9 Å². The maximum absolute atomic E-state index is 10.7. The quantitative estimate of drug-likeness (QED) is 0.696. The van der Waals surface area contributed by atoms with Crippen molar-refractivity contribution < 1.29 is 10.2 Å². The Labute approximate surface area is 144 Å². The summed E-state index contributed by atoms with van der Waals surface area (Å²) in [5.41, 5.74) is 3.34. The second kappa shape index (κ2) is 5.61. The topological polar surface area (TPSA) is 40.5 Å². The van der Waals surface area contributed by atoms with E-state index in [9.17, 15) is 10.2 Å². The van der Waals surface area contributed by atoms with Gasteiger partial charge >= 0.3 is 0 Å². The largest absolute Gasteiger partial charge is 0.393 e. The maximum atomic E-state index is 10.7. The van der Waals surface area contributed by atoms with Crippen LogP contribution < -0.4 is 0 Å². The smallest absolute Gasteiger partial charge is 0.0634 e. The molecule has 7 atom stereocenters. The zero-order valence-electron chi connectivity index (χ0n) is 14.0. The number of allylic oxidation sites excluding steroid dienone is 1. The molecule has 23 heavy (non-hydrogen) atoms. The predicted molar refractivity (Wildman–Crippen MR) is 93.0 cm³/mol. The van der Waals surface area contributed by atoms with Crippen molar-refractivity contribution in [3.63, 3.8) is 0 Å². The summed E-state index contributed by atoms with van der Waals surface area (Å²) in [6.45, 7) is 2.44. The van der Waals surface area contributed by atoms with Crippen LogP contribution in [0, 0.1) is 28.6 Å². The van der Waals surface area contributed by atoms with Crippen molar-refractivity contribution in [3.8, 4) is 0 Å². The molecule has 4 aliphatic rings. The molecular weight excluding hydrogens is 308 g/mol. The zero-order valence-corrected chi connectivity index (χ0v) is 14.8. The molecule has 2 nitrogen and oxygen atoms in total. The summed E-state index contributed by atoms with van der Waals surface area (Å²) in [6, 6.07) is 0. The molecule has 0 aliphatic heterocycles. The van der Waals surface area contributed by atoms with Crippen molar-refractivity contribution in [2.45, 2.75) is 70.5 Å². The van der Waals surface area contributed by atoms with Crippen LogP contribution in [0.3, 0.4) is 0 Å². The SMILES string of the molecule is CC12CC[C@H](O)CC1=CC[C@@H]1[C@@H]2CCC2(C=CCl)[C@@H](O)CC[C@@H]12. The Morgan fingerprint density at radius 3 is 2.74 bits per heavy atom. The minimum Gasteiger partial charge on any atom is -0.393 e. The normalized spacial score (nSPS) is 52.7. The average molecular weight is 337 g/mol. The third-order valence-corrected chi connectivity index (χ3v) is 8.12. The first-order valence-electron chi connectivity index (χ1n) is 9.35. The molecule has 3 saturated carbocycles. The second-order valence-corrected chi connectivity index (χ2v) is 8.94. The molecule has 0 heterocycles. The summed E-state index contributed by atoms with van der Waals surface area (Å²) in [7, 11) is 0. The lowest BCUT2D eigenvalue weighted by atomic mass is 9.47. The highest BCUT2D eigenvalue weighted by Gasteiger charge is 2.59. The molecule has 0 radical (unpaired) electrons. The van der Waals surface area contributed by atoms with Crippen LogP contribution in [-0.4, -0.2) is 22.4 Å². The van der Waals surface area contributed by atoms with Gasteiger partial charge in [-0.1, -0.05) is 36.2 Å². The van der Waals surface area contributed by atoms with Gasteiger partial charge in [0.15, 0.2) is 0 Å². The van der Waals surface area contributed by atoms with Crippen LogP contribution in [0.4, 0.5) is 0 Å². The number of aliphatic hydroxyl groups excluding tert-OH is 2. The molecule has 0 saturated heterocycles. The number of hydrogen-bond acceptors (Lipinski definition) is 2. The lowest BCUT2D eigenvalue weighted by molar-refractivity contribution is -0.0564. The van der Waals surface area contributed by atoms with Crippen LogP contribution in [0.2, 0.25) is 0 Å². The standard InChI is InChI=1S/C20H29ClO2/c1-19-8-6-14(22)12-13(19)2-3-15-16(19)7-9-20(10-11-21)17(15)4-5-18(20)23/h2,10-11,14-18,22-23H,3-9,12H2,1H3/t14-,15+,16-,17-,18-,19?,20?/m0/s1. The Morgan fingerprint density at radius 2 is 1.96 bits per heavy atom. The fraction of sp³-hybridized carbons (Fsp3) is 0.800. The van der Waals surface area contributed by atoms with E-state index in [-0.39, 0.29) is 23.0 Å². The van der Waals surface area contributed by atoms with Crippen molar-refractivity contribution in [1.29, 1.82) is 0 Å². The molecule has 0 bridgehead atoms. The van der Waals surface area contributed by atoms with E-state index in [2.05, 4.69) is 19.1 Å². The first-order chi connectivity index (χ1) is 11.0. The predicted octanol–water partition coefficient (Wildman–Crippen LogP) is 4.40. The van der Waals surface area contributed by atoms with Crippen LogP contribution in [0.5, 0.6) is 0 Å². The molecule has 0 aromatic carbocycles. The first kappa shape index (κ1) is 16.2. The van der Waals surface area contributed by atoms with Gasteiger partial charge in [0.2, 0.25) is 0 Å². The fourth-order valence-corrected chi connectivity index (χ4v) is 7.01. The van der Waals surface area contributed by atoms with Gasteiger partial charge in [-0.05, 0) is 74.5 Å². The van der Waals surface area contributed by atoms with Gasteiger partial charge in [0.1, 0.15) is 0 Å². The molecule has 2 unspecified atom stereocenters. The van der Waals surface area contributed by atoms with Crippen LogP contribution in [0.15, 0.2) is 23.3 Å². The van der Waals surface area contributed by atoms with Crippen molar-refractivity contribution in [3.05, 3.63) is 23.3 Å². The van der Waals surface area contributed by atoms with Crippen LogP contribution in [0.25, 0.3) is 0 Å². The van der Waals surface area contributed by atoms with E-state index in [1.54, 1.807) is 5.54 Å². The highest BCUT2D eigenvalue weighted by atomic mass is 35.5. The highest BCUT2D eigenvalue weighted by Crippen LogP contribution is 2.65. The Bertz CT molecular complexity index is 542. The van der Waals surface area contributed by atoms with Crippen molar-refractivity contribution in [1.82, 2.24) is 0 Å². The Balaban J connectivity index is 1.69. The summed E-state index contributed by atoms with van der Waals surface area (Å²) in [4.78, 5) is 0. The van der Waals surface area contributed by atoms with E-state index in [4.69, 9.17) is 11.6 Å². The van der Waals surface area contributed by atoms with E-state index >= 15 is 0 Å². The van der Waals surface area contributed by atoms with Gasteiger partial charge in [-0.3, -0.25) is 0 Å². The van der Waals surface area contributed by atoms with Gasteiger partial charge in [0.05, 0.1) is 12.2 Å². The monoisotopic (exact) mass is 336 g/mol. The van der Waals surface area contributed by atoms with Crippen molar-refractivity contribution in [2.24, 2.45) is 28.6 Å². The van der Waals surface area contributed by atoms with E-state index in [0.29, 0.717) is 17.8 Å². The van der Waals surface area contributed by atoms with Gasteiger partial charge in [-0.15, -0.1) is 0 Å². The third-order valence-electron chi connectivity index (χ3n) is 8.00. The van der Waals surface area contributed by atoms with Gasteiger partial charge in [-0.25, -0.2) is 0 Å². The Morgan fingerprint density at radius 1 is 1.13 bits per heavy atom. The molecule has 0 aromatic heterocycles. The van der Waals surface area contributed by atoms with Gasteiger partial charge in [0.25, 0.3) is 0 Å². The molecule has 0 spiro atoms. The summed E-state index contributed by atoms with van der Waals surface area (Å²) >= 11 is 5.96. The highest BCUT2D eigenvalue weighted by molar-refractivity contribution is 6.25. The summed E-state index contributed by atoms with van der Waals surface area (Å²) in [5, 5.41) is 20.7. The zero-order chi connectivity index (χ0) is 16.2. The van der Waals surface area contributed by atoms with Gasteiger partial charge < -0.3 is 10.2 Å². The lowest BCUT2D eigenvalue weighted by Crippen LogP contribution is -2.51. The molecule has 4 aliphatic carbocycles. The molecule has 0 amide bonds. The first-order valence-corrected chi connectivity index (χ1v) is 9.78. The van der Waals surface area contributed by atoms with E-state index in [1.165, 1.54) is 12.0 Å². The number of fused-ring (bicyclic) bond motifs is 5.